The monoisotopic (exact) mass is 430 g/mol. The molecule has 0 heterocycles. The van der Waals surface area contributed by atoms with Gasteiger partial charge in [0.15, 0.2) is 0 Å². The summed E-state index contributed by atoms with van der Waals surface area (Å²) in [7, 11) is 0. The summed E-state index contributed by atoms with van der Waals surface area (Å²) in [6, 6.07) is 28.0. The van der Waals surface area contributed by atoms with Crippen molar-refractivity contribution in [2.45, 2.75) is 31.9 Å². The lowest BCUT2D eigenvalue weighted by Crippen LogP contribution is -2.48. The summed E-state index contributed by atoms with van der Waals surface area (Å²) in [6.45, 7) is 3.03. The molecule has 0 aliphatic heterocycles. The first-order chi connectivity index (χ1) is 15.6. The van der Waals surface area contributed by atoms with Crippen LogP contribution in [0.15, 0.2) is 91.0 Å². The van der Waals surface area contributed by atoms with Crippen LogP contribution in [0.3, 0.4) is 0 Å². The van der Waals surface area contributed by atoms with Crippen molar-refractivity contribution in [1.29, 1.82) is 0 Å². The van der Waals surface area contributed by atoms with Gasteiger partial charge in [-0.1, -0.05) is 78.9 Å². The van der Waals surface area contributed by atoms with Gasteiger partial charge in [0.25, 0.3) is 5.91 Å². The van der Waals surface area contributed by atoms with E-state index >= 15 is 0 Å². The Morgan fingerprint density at radius 2 is 1.44 bits per heavy atom. The summed E-state index contributed by atoms with van der Waals surface area (Å²) in [6.07, 6.45) is 1.11. The van der Waals surface area contributed by atoms with Gasteiger partial charge in [-0.15, -0.1) is 0 Å². The van der Waals surface area contributed by atoms with Gasteiger partial charge in [0.2, 0.25) is 5.91 Å². The lowest BCUT2D eigenvalue weighted by molar-refractivity contribution is -0.123. The van der Waals surface area contributed by atoms with Crippen molar-refractivity contribution >= 4 is 11.8 Å². The molecular weight excluding hydrogens is 400 g/mol. The SMILES string of the molecule is CC(OCCCNC(=O)C(Cc1ccccc1)NC(=O)c1ccccc1)c1ccccc1. The van der Waals surface area contributed by atoms with E-state index in [1.165, 1.54) is 0 Å². The summed E-state index contributed by atoms with van der Waals surface area (Å²) in [4.78, 5) is 25.5. The van der Waals surface area contributed by atoms with E-state index < -0.39 is 6.04 Å². The van der Waals surface area contributed by atoms with Crippen LogP contribution in [-0.2, 0) is 16.0 Å². The van der Waals surface area contributed by atoms with Gasteiger partial charge in [0.05, 0.1) is 6.10 Å². The molecule has 0 saturated carbocycles. The summed E-state index contributed by atoms with van der Waals surface area (Å²) in [5.74, 6) is -0.462. The van der Waals surface area contributed by atoms with Crippen molar-refractivity contribution in [3.8, 4) is 0 Å². The van der Waals surface area contributed by atoms with E-state index in [1.54, 1.807) is 24.3 Å². The molecule has 32 heavy (non-hydrogen) atoms. The van der Waals surface area contributed by atoms with Gasteiger partial charge >= 0.3 is 0 Å². The second kappa shape index (κ2) is 12.4. The van der Waals surface area contributed by atoms with E-state index in [1.807, 2.05) is 73.7 Å². The Balaban J connectivity index is 1.50. The standard InChI is InChI=1S/C27H30N2O3/c1-21(23-14-7-3-8-15-23)32-19-11-18-28-27(31)25(20-22-12-5-2-6-13-22)29-26(30)24-16-9-4-10-17-24/h2-10,12-17,21,25H,11,18-20H2,1H3,(H,28,31)(H,29,30). The molecule has 0 fully saturated rings. The Hall–Kier alpha value is -3.44. The van der Waals surface area contributed by atoms with Crippen molar-refractivity contribution < 1.29 is 14.3 Å². The minimum atomic E-state index is -0.658. The lowest BCUT2D eigenvalue weighted by Gasteiger charge is -2.19. The topological polar surface area (TPSA) is 67.4 Å². The maximum atomic E-state index is 12.9. The van der Waals surface area contributed by atoms with Crippen LogP contribution in [0.25, 0.3) is 0 Å². The molecule has 2 amide bonds. The molecule has 0 aliphatic carbocycles. The molecule has 2 unspecified atom stereocenters. The van der Waals surface area contributed by atoms with E-state index in [0.29, 0.717) is 31.6 Å². The summed E-state index contributed by atoms with van der Waals surface area (Å²) in [5, 5.41) is 5.82. The summed E-state index contributed by atoms with van der Waals surface area (Å²) < 4.78 is 5.87. The van der Waals surface area contributed by atoms with Crippen LogP contribution in [0.2, 0.25) is 0 Å². The number of rotatable bonds is 11. The average molecular weight is 431 g/mol. The van der Waals surface area contributed by atoms with Crippen LogP contribution in [0, 0.1) is 0 Å². The molecule has 0 saturated heterocycles. The molecule has 2 atom stereocenters. The smallest absolute Gasteiger partial charge is 0.251 e. The number of nitrogens with one attached hydrogen (secondary N) is 2. The average Bonchev–Trinajstić information content (AvgIpc) is 2.85. The number of ether oxygens (including phenoxy) is 1. The van der Waals surface area contributed by atoms with Crippen molar-refractivity contribution in [1.82, 2.24) is 10.6 Å². The van der Waals surface area contributed by atoms with Gasteiger partial charge in [-0.05, 0) is 36.6 Å². The van der Waals surface area contributed by atoms with Gasteiger partial charge in [-0.2, -0.15) is 0 Å². The highest BCUT2D eigenvalue weighted by atomic mass is 16.5. The minimum Gasteiger partial charge on any atom is -0.374 e. The normalized spacial score (nSPS) is 12.5. The third-order valence-electron chi connectivity index (χ3n) is 5.20. The third kappa shape index (κ3) is 7.36. The second-order valence-electron chi connectivity index (χ2n) is 7.65. The third-order valence-corrected chi connectivity index (χ3v) is 5.20. The first-order valence-corrected chi connectivity index (χ1v) is 11.0. The highest BCUT2D eigenvalue weighted by Crippen LogP contribution is 2.15. The number of amides is 2. The maximum absolute atomic E-state index is 12.9. The van der Waals surface area contributed by atoms with E-state index in [0.717, 1.165) is 11.1 Å². The molecule has 5 heteroatoms. The number of carbonyl (C=O) groups is 2. The zero-order chi connectivity index (χ0) is 22.6. The van der Waals surface area contributed by atoms with Crippen LogP contribution in [0.1, 0.15) is 40.9 Å². The molecule has 0 aliphatic rings. The van der Waals surface area contributed by atoms with Crippen molar-refractivity contribution in [3.63, 3.8) is 0 Å². The largest absolute Gasteiger partial charge is 0.374 e. The Morgan fingerprint density at radius 3 is 2.09 bits per heavy atom. The molecule has 0 aromatic heterocycles. The Kier molecular flexibility index (Phi) is 9.02. The first-order valence-electron chi connectivity index (χ1n) is 11.0. The van der Waals surface area contributed by atoms with E-state index in [-0.39, 0.29) is 17.9 Å². The van der Waals surface area contributed by atoms with Gasteiger partial charge < -0.3 is 15.4 Å². The van der Waals surface area contributed by atoms with Crippen molar-refractivity contribution in [3.05, 3.63) is 108 Å². The highest BCUT2D eigenvalue weighted by molar-refractivity contribution is 5.97. The molecule has 3 aromatic rings. The molecule has 0 radical (unpaired) electrons. The Labute approximate surface area is 189 Å². The molecule has 166 valence electrons. The van der Waals surface area contributed by atoms with Gasteiger partial charge in [0, 0.05) is 25.1 Å². The lowest BCUT2D eigenvalue weighted by atomic mass is 10.0. The Morgan fingerprint density at radius 1 is 0.844 bits per heavy atom. The zero-order valence-electron chi connectivity index (χ0n) is 18.4. The molecule has 3 rings (SSSR count). The number of benzene rings is 3. The summed E-state index contributed by atoms with van der Waals surface area (Å²) >= 11 is 0. The second-order valence-corrected chi connectivity index (χ2v) is 7.65. The van der Waals surface area contributed by atoms with E-state index in [2.05, 4.69) is 10.6 Å². The van der Waals surface area contributed by atoms with Crippen LogP contribution in [0.5, 0.6) is 0 Å². The highest BCUT2D eigenvalue weighted by Gasteiger charge is 2.21. The number of hydrogen-bond donors (Lipinski definition) is 2. The number of carbonyl (C=O) groups excluding carboxylic acids is 2. The predicted molar refractivity (Wildman–Crippen MR) is 126 cm³/mol. The van der Waals surface area contributed by atoms with Crippen molar-refractivity contribution in [2.24, 2.45) is 0 Å². The molecule has 3 aromatic carbocycles. The van der Waals surface area contributed by atoms with Gasteiger partial charge in [0.1, 0.15) is 6.04 Å². The molecule has 0 bridgehead atoms. The molecule has 0 spiro atoms. The Bertz CT molecular complexity index is 962. The van der Waals surface area contributed by atoms with Gasteiger partial charge in [-0.3, -0.25) is 9.59 Å². The summed E-state index contributed by atoms with van der Waals surface area (Å²) in [5.41, 5.74) is 2.64. The van der Waals surface area contributed by atoms with Crippen LogP contribution >= 0.6 is 0 Å². The van der Waals surface area contributed by atoms with Crippen LogP contribution in [-0.4, -0.2) is 31.0 Å². The van der Waals surface area contributed by atoms with Crippen molar-refractivity contribution in [2.75, 3.05) is 13.2 Å². The van der Waals surface area contributed by atoms with E-state index in [9.17, 15) is 9.59 Å². The first kappa shape index (κ1) is 23.2. The zero-order valence-corrected chi connectivity index (χ0v) is 18.4. The fourth-order valence-corrected chi connectivity index (χ4v) is 3.38. The fourth-order valence-electron chi connectivity index (χ4n) is 3.38. The van der Waals surface area contributed by atoms with Gasteiger partial charge in [-0.25, -0.2) is 0 Å². The van der Waals surface area contributed by atoms with Crippen LogP contribution in [0.4, 0.5) is 0 Å². The minimum absolute atomic E-state index is 0.00268. The molecular formula is C27H30N2O3. The van der Waals surface area contributed by atoms with Crippen LogP contribution < -0.4 is 10.6 Å². The quantitative estimate of drug-likeness (QED) is 0.446. The van der Waals surface area contributed by atoms with E-state index in [4.69, 9.17) is 4.74 Å². The fraction of sp³-hybridized carbons (Fsp3) is 0.259. The predicted octanol–water partition coefficient (Wildman–Crippen LogP) is 4.31. The molecule has 5 nitrogen and oxygen atoms in total. The number of hydrogen-bond acceptors (Lipinski definition) is 3. The molecule has 2 N–H and O–H groups in total. The maximum Gasteiger partial charge on any atom is 0.251 e.